The molecule has 1 amide bonds. The van der Waals surface area contributed by atoms with Crippen molar-refractivity contribution in [2.75, 3.05) is 26.8 Å². The van der Waals surface area contributed by atoms with Crippen LogP contribution in [-0.4, -0.2) is 81.4 Å². The molecule has 0 radical (unpaired) electrons. The van der Waals surface area contributed by atoms with E-state index in [4.69, 9.17) is 18.9 Å². The van der Waals surface area contributed by atoms with Gasteiger partial charge in [-0.05, 0) is 60.9 Å². The number of benzene rings is 2. The molecule has 0 spiro atoms. The lowest BCUT2D eigenvalue weighted by atomic mass is 9.80. The second kappa shape index (κ2) is 12.7. The molecule has 2 N–H and O–H groups in total. The Kier molecular flexibility index (Phi) is 9.20. The van der Waals surface area contributed by atoms with Crippen molar-refractivity contribution in [2.24, 2.45) is 17.8 Å². The number of nitrogens with one attached hydrogen (secondary N) is 1. The van der Waals surface area contributed by atoms with Crippen LogP contribution < -0.4 is 10.1 Å². The molecule has 5 rings (SSSR count). The van der Waals surface area contributed by atoms with Crippen LogP contribution >= 0.6 is 0 Å². The van der Waals surface area contributed by atoms with E-state index < -0.39 is 34.4 Å². The lowest BCUT2D eigenvalue weighted by Gasteiger charge is -2.33. The van der Waals surface area contributed by atoms with Crippen molar-refractivity contribution in [2.45, 2.75) is 68.6 Å². The molecular weight excluding hydrogens is 548 g/mol. The Balaban J connectivity index is 1.31. The van der Waals surface area contributed by atoms with Crippen LogP contribution in [-0.2, 0) is 30.7 Å². The summed E-state index contributed by atoms with van der Waals surface area (Å²) < 4.78 is 51.2. The summed E-state index contributed by atoms with van der Waals surface area (Å²) in [4.78, 5) is 13.3. The van der Waals surface area contributed by atoms with Crippen LogP contribution in [0.15, 0.2) is 59.5 Å². The van der Waals surface area contributed by atoms with Crippen LogP contribution in [0, 0.1) is 17.8 Å². The van der Waals surface area contributed by atoms with Gasteiger partial charge in [0.15, 0.2) is 6.29 Å². The highest BCUT2D eigenvalue weighted by atomic mass is 32.2. The summed E-state index contributed by atoms with van der Waals surface area (Å²) in [5, 5.41) is 14.3. The van der Waals surface area contributed by atoms with E-state index in [0.29, 0.717) is 37.0 Å². The average molecular weight is 589 g/mol. The van der Waals surface area contributed by atoms with E-state index >= 15 is 0 Å². The molecule has 7 atom stereocenters. The van der Waals surface area contributed by atoms with Gasteiger partial charge in [-0.1, -0.05) is 44.2 Å². The summed E-state index contributed by atoms with van der Waals surface area (Å²) in [7, 11) is -2.43. The second-order valence-corrected chi connectivity index (χ2v) is 13.6. The number of rotatable bonds is 12. The average Bonchev–Trinajstić information content (AvgIpc) is 3.51. The summed E-state index contributed by atoms with van der Waals surface area (Å²) in [5.41, 5.74) is 0.888. The molecule has 11 heteroatoms. The highest BCUT2D eigenvalue weighted by Crippen LogP contribution is 2.47. The van der Waals surface area contributed by atoms with Crippen LogP contribution in [0.1, 0.15) is 32.3 Å². The molecule has 1 saturated carbocycles. The zero-order valence-corrected chi connectivity index (χ0v) is 24.5. The number of amides is 1. The summed E-state index contributed by atoms with van der Waals surface area (Å²) in [5.74, 6) is 1.20. The summed E-state index contributed by atoms with van der Waals surface area (Å²) in [6.45, 7) is 4.42. The molecule has 3 aliphatic rings. The topological polar surface area (TPSA) is 124 Å². The molecule has 2 aliphatic heterocycles. The van der Waals surface area contributed by atoms with E-state index in [9.17, 15) is 18.3 Å². The van der Waals surface area contributed by atoms with Crippen molar-refractivity contribution in [3.05, 3.63) is 60.2 Å². The Morgan fingerprint density at radius 3 is 2.51 bits per heavy atom. The van der Waals surface area contributed by atoms with E-state index in [-0.39, 0.29) is 36.3 Å². The van der Waals surface area contributed by atoms with Crippen molar-refractivity contribution in [1.82, 2.24) is 9.62 Å². The number of sulfonamides is 1. The van der Waals surface area contributed by atoms with Gasteiger partial charge in [-0.15, -0.1) is 0 Å². The third-order valence-electron chi connectivity index (χ3n) is 8.17. The predicted octanol–water partition coefficient (Wildman–Crippen LogP) is 3.19. The van der Waals surface area contributed by atoms with Gasteiger partial charge in [0.2, 0.25) is 10.0 Å². The number of aliphatic hydroxyl groups is 1. The Morgan fingerprint density at radius 1 is 1.10 bits per heavy atom. The Bertz CT molecular complexity index is 1270. The van der Waals surface area contributed by atoms with Gasteiger partial charge < -0.3 is 29.4 Å². The summed E-state index contributed by atoms with van der Waals surface area (Å²) in [6.07, 6.45) is -0.918. The minimum absolute atomic E-state index is 0.00146. The van der Waals surface area contributed by atoms with Gasteiger partial charge in [0.25, 0.3) is 0 Å². The maximum Gasteiger partial charge on any atom is 0.407 e. The summed E-state index contributed by atoms with van der Waals surface area (Å²) >= 11 is 0. The fourth-order valence-electron chi connectivity index (χ4n) is 6.07. The van der Waals surface area contributed by atoms with Crippen LogP contribution in [0.3, 0.4) is 0 Å². The standard InChI is InChI=1S/C30H40N2O8S/c1-19(2)16-32(41(35,36)23-11-9-22(37-3)10-12-23)17-26(33)25(13-20-7-5-4-6-8-20)31-30(34)40-27-14-21-18-38-29-24(21)15-28(27)39-29/h4-12,19,21,24-29,33H,13-18H2,1-3H3,(H,31,34)/t21-,24-,25+,26-,27-,28+,29-/m1/s1. The first kappa shape index (κ1) is 29.8. The molecule has 224 valence electrons. The smallest absolute Gasteiger partial charge is 0.407 e. The van der Waals surface area contributed by atoms with Crippen molar-refractivity contribution in [3.8, 4) is 5.75 Å². The first-order chi connectivity index (χ1) is 19.6. The number of ether oxygens (including phenoxy) is 4. The monoisotopic (exact) mass is 588 g/mol. The third-order valence-corrected chi connectivity index (χ3v) is 10.0. The number of nitrogens with zero attached hydrogens (tertiary/aromatic N) is 1. The number of fused-ring (bicyclic) bond motifs is 1. The third kappa shape index (κ3) is 6.86. The van der Waals surface area contributed by atoms with E-state index in [1.54, 1.807) is 12.1 Å². The van der Waals surface area contributed by atoms with Gasteiger partial charge in [-0.25, -0.2) is 13.2 Å². The number of alkyl carbamates (subject to hydrolysis) is 1. The normalized spacial score (nSPS) is 26.6. The van der Waals surface area contributed by atoms with Crippen molar-refractivity contribution >= 4 is 16.1 Å². The molecule has 0 unspecified atom stereocenters. The first-order valence-electron chi connectivity index (χ1n) is 14.2. The van der Waals surface area contributed by atoms with Gasteiger partial charge in [0.1, 0.15) is 11.9 Å². The number of aliphatic hydroxyl groups excluding tert-OH is 1. The van der Waals surface area contributed by atoms with Crippen molar-refractivity contribution < 1.29 is 37.3 Å². The Hall–Kier alpha value is -2.70. The van der Waals surface area contributed by atoms with Gasteiger partial charge in [-0.3, -0.25) is 0 Å². The molecule has 2 bridgehead atoms. The van der Waals surface area contributed by atoms with Crippen LogP contribution in [0.2, 0.25) is 0 Å². The van der Waals surface area contributed by atoms with Crippen molar-refractivity contribution in [1.29, 1.82) is 0 Å². The Labute approximate surface area is 242 Å². The fourth-order valence-corrected chi connectivity index (χ4v) is 7.69. The first-order valence-corrected chi connectivity index (χ1v) is 15.7. The number of hydrogen-bond acceptors (Lipinski definition) is 8. The molecule has 2 heterocycles. The SMILES string of the molecule is COc1ccc(S(=O)(=O)N(CC(C)C)C[C@@H](O)[C@H](Cc2ccccc2)NC(=O)O[C@@H]2C[C@@H]3CO[C@@H]4O[C@H]2C[C@H]34)cc1. The predicted molar refractivity (Wildman–Crippen MR) is 151 cm³/mol. The zero-order valence-electron chi connectivity index (χ0n) is 23.7. The fraction of sp³-hybridized carbons (Fsp3) is 0.567. The van der Waals surface area contributed by atoms with Crippen LogP contribution in [0.25, 0.3) is 0 Å². The molecular formula is C30H40N2O8S. The molecule has 2 aromatic carbocycles. The molecule has 2 saturated heterocycles. The lowest BCUT2D eigenvalue weighted by Crippen LogP contribution is -2.52. The van der Waals surface area contributed by atoms with Crippen LogP contribution in [0.5, 0.6) is 5.75 Å². The molecule has 1 aliphatic carbocycles. The van der Waals surface area contributed by atoms with Crippen molar-refractivity contribution in [3.63, 3.8) is 0 Å². The maximum atomic E-state index is 13.6. The van der Waals surface area contributed by atoms with Gasteiger partial charge in [0, 0.05) is 19.0 Å². The largest absolute Gasteiger partial charge is 0.497 e. The van der Waals surface area contributed by atoms with Gasteiger partial charge >= 0.3 is 6.09 Å². The van der Waals surface area contributed by atoms with Gasteiger partial charge in [-0.2, -0.15) is 4.31 Å². The molecule has 10 nitrogen and oxygen atoms in total. The minimum atomic E-state index is -3.94. The van der Waals surface area contributed by atoms with E-state index in [1.165, 1.54) is 23.5 Å². The van der Waals surface area contributed by atoms with E-state index in [0.717, 1.165) is 12.0 Å². The quantitative estimate of drug-likeness (QED) is 0.388. The highest BCUT2D eigenvalue weighted by Gasteiger charge is 2.54. The molecule has 41 heavy (non-hydrogen) atoms. The highest BCUT2D eigenvalue weighted by molar-refractivity contribution is 7.89. The lowest BCUT2D eigenvalue weighted by molar-refractivity contribution is -0.147. The number of carbonyl (C=O) groups excluding carboxylic acids is 1. The minimum Gasteiger partial charge on any atom is -0.497 e. The van der Waals surface area contributed by atoms with Crippen LogP contribution in [0.4, 0.5) is 4.79 Å². The number of carbonyl (C=O) groups is 1. The maximum absolute atomic E-state index is 13.6. The number of hydrogen-bond donors (Lipinski definition) is 2. The molecule has 0 aromatic heterocycles. The van der Waals surface area contributed by atoms with Gasteiger partial charge in [0.05, 0.1) is 36.9 Å². The molecule has 2 aromatic rings. The van der Waals surface area contributed by atoms with E-state index in [2.05, 4.69) is 5.32 Å². The zero-order chi connectivity index (χ0) is 29.1. The second-order valence-electron chi connectivity index (χ2n) is 11.6. The summed E-state index contributed by atoms with van der Waals surface area (Å²) in [6, 6.07) is 14.8. The number of methoxy groups -OCH3 is 1. The molecule has 3 fully saturated rings. The van der Waals surface area contributed by atoms with E-state index in [1.807, 2.05) is 44.2 Å². The Morgan fingerprint density at radius 2 is 1.83 bits per heavy atom.